The van der Waals surface area contributed by atoms with Crippen molar-refractivity contribution in [3.8, 4) is 0 Å². The van der Waals surface area contributed by atoms with Crippen molar-refractivity contribution < 1.29 is 0 Å². The first-order chi connectivity index (χ1) is 9.56. The van der Waals surface area contributed by atoms with Gasteiger partial charge in [-0.1, -0.05) is 20.8 Å². The van der Waals surface area contributed by atoms with Gasteiger partial charge >= 0.3 is 0 Å². The Bertz CT molecular complexity index is 424. The predicted octanol–water partition coefficient (Wildman–Crippen LogP) is 2.77. The molecule has 0 aliphatic carbocycles. The van der Waals surface area contributed by atoms with Crippen LogP contribution in [0, 0.1) is 12.8 Å². The number of thiazole rings is 1. The molecule has 114 valence electrons. The number of guanidine groups is 1. The Morgan fingerprint density at radius 1 is 1.30 bits per heavy atom. The predicted molar refractivity (Wildman–Crippen MR) is 88.8 cm³/mol. The average Bonchev–Trinajstić information content (AvgIpc) is 2.76. The SMILES string of the molecule is CCNC(=NCC(C)C)NCCc1nc(CC)c(C)s1. The van der Waals surface area contributed by atoms with Gasteiger partial charge < -0.3 is 10.6 Å². The van der Waals surface area contributed by atoms with Gasteiger partial charge in [-0.25, -0.2) is 4.98 Å². The molecule has 1 rings (SSSR count). The maximum absolute atomic E-state index is 4.66. The van der Waals surface area contributed by atoms with Crippen LogP contribution in [0.25, 0.3) is 0 Å². The van der Waals surface area contributed by atoms with Crippen molar-refractivity contribution in [1.29, 1.82) is 0 Å². The molecule has 0 aliphatic rings. The second kappa shape index (κ2) is 8.95. The van der Waals surface area contributed by atoms with Gasteiger partial charge in [0.2, 0.25) is 0 Å². The first-order valence-electron chi connectivity index (χ1n) is 7.54. The summed E-state index contributed by atoms with van der Waals surface area (Å²) >= 11 is 1.81. The van der Waals surface area contributed by atoms with Gasteiger partial charge in [0.05, 0.1) is 10.7 Å². The lowest BCUT2D eigenvalue weighted by atomic mass is 10.2. The second-order valence-corrected chi connectivity index (χ2v) is 6.54. The number of aromatic nitrogens is 1. The standard InChI is InChI=1S/C15H28N4S/c1-6-13-12(5)20-14(19-13)8-9-17-15(16-7-2)18-10-11(3)4/h11H,6-10H2,1-5H3,(H2,16,17,18). The summed E-state index contributed by atoms with van der Waals surface area (Å²) < 4.78 is 0. The van der Waals surface area contributed by atoms with E-state index in [9.17, 15) is 0 Å². The molecule has 20 heavy (non-hydrogen) atoms. The zero-order valence-corrected chi connectivity index (χ0v) is 14.2. The van der Waals surface area contributed by atoms with Crippen LogP contribution in [0.4, 0.5) is 0 Å². The lowest BCUT2D eigenvalue weighted by Crippen LogP contribution is -2.38. The van der Waals surface area contributed by atoms with E-state index in [-0.39, 0.29) is 0 Å². The highest BCUT2D eigenvalue weighted by molar-refractivity contribution is 7.11. The molecule has 0 aromatic carbocycles. The van der Waals surface area contributed by atoms with E-state index in [0.29, 0.717) is 5.92 Å². The van der Waals surface area contributed by atoms with Crippen LogP contribution >= 0.6 is 11.3 Å². The number of nitrogens with one attached hydrogen (secondary N) is 2. The molecule has 0 fully saturated rings. The molecule has 0 saturated heterocycles. The molecule has 1 aromatic rings. The van der Waals surface area contributed by atoms with E-state index < -0.39 is 0 Å². The van der Waals surface area contributed by atoms with Gasteiger partial charge in [-0.05, 0) is 26.2 Å². The van der Waals surface area contributed by atoms with E-state index >= 15 is 0 Å². The van der Waals surface area contributed by atoms with Crippen LogP contribution in [0.3, 0.4) is 0 Å². The minimum Gasteiger partial charge on any atom is -0.357 e. The fourth-order valence-corrected chi connectivity index (χ4v) is 2.85. The van der Waals surface area contributed by atoms with Gasteiger partial charge in [0.1, 0.15) is 0 Å². The zero-order chi connectivity index (χ0) is 15.0. The van der Waals surface area contributed by atoms with Crippen LogP contribution in [-0.2, 0) is 12.8 Å². The third-order valence-electron chi connectivity index (χ3n) is 2.86. The van der Waals surface area contributed by atoms with Crippen molar-refractivity contribution in [2.45, 2.75) is 47.5 Å². The molecule has 0 atom stereocenters. The van der Waals surface area contributed by atoms with Crippen LogP contribution in [0.5, 0.6) is 0 Å². The average molecular weight is 296 g/mol. The van der Waals surface area contributed by atoms with Crippen molar-refractivity contribution >= 4 is 17.3 Å². The number of rotatable bonds is 7. The van der Waals surface area contributed by atoms with E-state index in [0.717, 1.165) is 38.4 Å². The van der Waals surface area contributed by atoms with Crippen LogP contribution in [0.2, 0.25) is 0 Å². The van der Waals surface area contributed by atoms with Crippen molar-refractivity contribution in [2.24, 2.45) is 10.9 Å². The van der Waals surface area contributed by atoms with Crippen molar-refractivity contribution in [2.75, 3.05) is 19.6 Å². The van der Waals surface area contributed by atoms with E-state index in [2.05, 4.69) is 55.2 Å². The lowest BCUT2D eigenvalue weighted by Gasteiger charge is -2.11. The van der Waals surface area contributed by atoms with Crippen LogP contribution in [-0.4, -0.2) is 30.6 Å². The summed E-state index contributed by atoms with van der Waals surface area (Å²) in [4.78, 5) is 10.6. The zero-order valence-electron chi connectivity index (χ0n) is 13.4. The Labute approximate surface area is 127 Å². The molecule has 0 amide bonds. The quantitative estimate of drug-likeness (QED) is 0.601. The Kier molecular flexibility index (Phi) is 7.59. The summed E-state index contributed by atoms with van der Waals surface area (Å²) in [7, 11) is 0. The van der Waals surface area contributed by atoms with E-state index in [4.69, 9.17) is 0 Å². The molecule has 2 N–H and O–H groups in total. The van der Waals surface area contributed by atoms with Gasteiger partial charge in [-0.2, -0.15) is 0 Å². The van der Waals surface area contributed by atoms with Gasteiger partial charge in [0.25, 0.3) is 0 Å². The molecular formula is C15H28N4S. The van der Waals surface area contributed by atoms with Crippen LogP contribution in [0.1, 0.15) is 43.3 Å². The molecule has 0 unspecified atom stereocenters. The molecule has 0 radical (unpaired) electrons. The topological polar surface area (TPSA) is 49.3 Å². The number of hydrogen-bond donors (Lipinski definition) is 2. The Hall–Kier alpha value is -1.10. The van der Waals surface area contributed by atoms with Gasteiger partial charge in [0, 0.05) is 30.9 Å². The summed E-state index contributed by atoms with van der Waals surface area (Å²) in [6, 6.07) is 0. The highest BCUT2D eigenvalue weighted by atomic mass is 32.1. The number of aryl methyl sites for hydroxylation is 2. The van der Waals surface area contributed by atoms with E-state index in [1.807, 2.05) is 11.3 Å². The molecule has 4 nitrogen and oxygen atoms in total. The fourth-order valence-electron chi connectivity index (χ4n) is 1.83. The number of hydrogen-bond acceptors (Lipinski definition) is 3. The normalized spacial score (nSPS) is 12.0. The first kappa shape index (κ1) is 17.0. The fraction of sp³-hybridized carbons (Fsp3) is 0.733. The maximum Gasteiger partial charge on any atom is 0.191 e. The molecule has 0 bridgehead atoms. The summed E-state index contributed by atoms with van der Waals surface area (Å²) in [5.41, 5.74) is 1.24. The van der Waals surface area contributed by atoms with Crippen LogP contribution in [0.15, 0.2) is 4.99 Å². The molecule has 0 aliphatic heterocycles. The highest BCUT2D eigenvalue weighted by Gasteiger charge is 2.06. The molecule has 1 heterocycles. The lowest BCUT2D eigenvalue weighted by molar-refractivity contribution is 0.656. The van der Waals surface area contributed by atoms with Crippen molar-refractivity contribution in [3.63, 3.8) is 0 Å². The summed E-state index contributed by atoms with van der Waals surface area (Å²) in [6.45, 7) is 13.4. The van der Waals surface area contributed by atoms with Crippen molar-refractivity contribution in [1.82, 2.24) is 15.6 Å². The van der Waals surface area contributed by atoms with Crippen LogP contribution < -0.4 is 10.6 Å². The van der Waals surface area contributed by atoms with Gasteiger partial charge in [-0.3, -0.25) is 4.99 Å². The minimum atomic E-state index is 0.583. The minimum absolute atomic E-state index is 0.583. The second-order valence-electron chi connectivity index (χ2n) is 5.25. The number of aliphatic imine (C=N–C) groups is 1. The Morgan fingerprint density at radius 3 is 2.60 bits per heavy atom. The molecular weight excluding hydrogens is 268 g/mol. The van der Waals surface area contributed by atoms with E-state index in [1.165, 1.54) is 15.6 Å². The molecule has 1 aromatic heterocycles. The van der Waals surface area contributed by atoms with Gasteiger partial charge in [-0.15, -0.1) is 11.3 Å². The Morgan fingerprint density at radius 2 is 2.05 bits per heavy atom. The Balaban J connectivity index is 2.44. The smallest absolute Gasteiger partial charge is 0.191 e. The summed E-state index contributed by atoms with van der Waals surface area (Å²) in [6.07, 6.45) is 1.98. The molecule has 0 saturated carbocycles. The monoisotopic (exact) mass is 296 g/mol. The largest absolute Gasteiger partial charge is 0.357 e. The third kappa shape index (κ3) is 5.90. The molecule has 0 spiro atoms. The third-order valence-corrected chi connectivity index (χ3v) is 3.93. The summed E-state index contributed by atoms with van der Waals surface area (Å²) in [5.74, 6) is 1.49. The number of nitrogens with zero attached hydrogens (tertiary/aromatic N) is 2. The first-order valence-corrected chi connectivity index (χ1v) is 8.35. The molecule has 5 heteroatoms. The van der Waals surface area contributed by atoms with Gasteiger partial charge in [0.15, 0.2) is 5.96 Å². The highest BCUT2D eigenvalue weighted by Crippen LogP contribution is 2.17. The maximum atomic E-state index is 4.66. The van der Waals surface area contributed by atoms with E-state index in [1.54, 1.807) is 0 Å². The van der Waals surface area contributed by atoms with Crippen molar-refractivity contribution in [3.05, 3.63) is 15.6 Å². The summed E-state index contributed by atoms with van der Waals surface area (Å²) in [5, 5.41) is 7.87.